The van der Waals surface area contributed by atoms with Crippen LogP contribution in [0.1, 0.15) is 45.3 Å². The van der Waals surface area contributed by atoms with Gasteiger partial charge in [-0.2, -0.15) is 4.98 Å². The highest BCUT2D eigenvalue weighted by molar-refractivity contribution is 7.92. The molecule has 1 saturated heterocycles. The lowest BCUT2D eigenvalue weighted by Gasteiger charge is -2.39. The number of rotatable bonds is 4. The molecule has 136 valence electrons. The summed E-state index contributed by atoms with van der Waals surface area (Å²) in [7, 11) is -1.37. The van der Waals surface area contributed by atoms with Crippen molar-refractivity contribution in [3.8, 4) is 0 Å². The van der Waals surface area contributed by atoms with Gasteiger partial charge in [0.25, 0.3) is 0 Å². The van der Waals surface area contributed by atoms with Gasteiger partial charge in [0.05, 0.1) is 10.5 Å². The molecule has 2 heterocycles. The summed E-state index contributed by atoms with van der Waals surface area (Å²) in [4.78, 5) is 10.6. The summed E-state index contributed by atoms with van der Waals surface area (Å²) in [6.45, 7) is 9.01. The summed E-state index contributed by atoms with van der Waals surface area (Å²) in [5, 5.41) is 7.18. The van der Waals surface area contributed by atoms with E-state index in [1.165, 1.54) is 0 Å². The minimum Gasteiger partial charge on any atom is -0.356 e. The van der Waals surface area contributed by atoms with Gasteiger partial charge in [-0.15, -0.1) is 0 Å². The fourth-order valence-electron chi connectivity index (χ4n) is 2.54. The van der Waals surface area contributed by atoms with Crippen molar-refractivity contribution in [1.29, 1.82) is 0 Å². The molecule has 1 aromatic heterocycles. The molecule has 0 radical (unpaired) electrons. The molecule has 1 N–H and O–H groups in total. The van der Waals surface area contributed by atoms with E-state index in [2.05, 4.69) is 20.4 Å². The van der Waals surface area contributed by atoms with Gasteiger partial charge in [-0.3, -0.25) is 4.99 Å². The van der Waals surface area contributed by atoms with Crippen molar-refractivity contribution in [2.75, 3.05) is 32.4 Å². The van der Waals surface area contributed by atoms with Gasteiger partial charge < -0.3 is 14.7 Å². The summed E-state index contributed by atoms with van der Waals surface area (Å²) < 4.78 is 28.6. The number of nitrogens with zero attached hydrogens (tertiary/aromatic N) is 4. The Morgan fingerprint density at radius 1 is 1.46 bits per heavy atom. The van der Waals surface area contributed by atoms with Crippen molar-refractivity contribution in [1.82, 2.24) is 20.4 Å². The van der Waals surface area contributed by atoms with Crippen LogP contribution in [0.2, 0.25) is 0 Å². The summed E-state index contributed by atoms with van der Waals surface area (Å²) in [5.41, 5.74) is 0. The van der Waals surface area contributed by atoms with E-state index in [0.717, 1.165) is 0 Å². The third-order valence-corrected chi connectivity index (χ3v) is 6.71. The fraction of sp³-hybridized carbons (Fsp3) is 0.800. The quantitative estimate of drug-likeness (QED) is 0.629. The first-order chi connectivity index (χ1) is 11.2. The van der Waals surface area contributed by atoms with Gasteiger partial charge in [-0.05, 0) is 13.8 Å². The van der Waals surface area contributed by atoms with Crippen LogP contribution in [0.4, 0.5) is 0 Å². The van der Waals surface area contributed by atoms with Crippen molar-refractivity contribution in [3.63, 3.8) is 0 Å². The second-order valence-electron chi connectivity index (χ2n) is 6.93. The van der Waals surface area contributed by atoms with Crippen molar-refractivity contribution in [3.05, 3.63) is 11.7 Å². The number of aromatic nitrogens is 2. The highest BCUT2D eigenvalue weighted by atomic mass is 32.2. The van der Waals surface area contributed by atoms with Crippen LogP contribution in [0.5, 0.6) is 0 Å². The number of hydrogen-bond acceptors (Lipinski definition) is 6. The van der Waals surface area contributed by atoms with Crippen molar-refractivity contribution >= 4 is 15.8 Å². The molecule has 1 aromatic rings. The van der Waals surface area contributed by atoms with Gasteiger partial charge in [0.15, 0.2) is 21.6 Å². The first-order valence-electron chi connectivity index (χ1n) is 8.16. The molecular weight excluding hydrogens is 330 g/mol. The summed E-state index contributed by atoms with van der Waals surface area (Å²) in [5.74, 6) is 2.37. The largest absolute Gasteiger partial charge is 0.356 e. The maximum Gasteiger partial charge on any atom is 0.228 e. The Balaban J connectivity index is 1.91. The van der Waals surface area contributed by atoms with E-state index in [9.17, 15) is 8.42 Å². The third kappa shape index (κ3) is 4.06. The molecule has 0 aromatic carbocycles. The lowest BCUT2D eigenvalue weighted by atomic mass is 10.2. The molecule has 0 atom stereocenters. The molecule has 1 aliphatic heterocycles. The van der Waals surface area contributed by atoms with Crippen LogP contribution in [0.3, 0.4) is 0 Å². The Bertz CT molecular complexity index is 694. The predicted molar refractivity (Wildman–Crippen MR) is 92.9 cm³/mol. The van der Waals surface area contributed by atoms with E-state index >= 15 is 0 Å². The van der Waals surface area contributed by atoms with E-state index < -0.39 is 14.6 Å². The van der Waals surface area contributed by atoms with Crippen molar-refractivity contribution in [2.45, 2.75) is 44.8 Å². The minimum atomic E-state index is -3.06. The van der Waals surface area contributed by atoms with Gasteiger partial charge in [0, 0.05) is 39.0 Å². The van der Waals surface area contributed by atoms with Crippen LogP contribution in [0.15, 0.2) is 9.52 Å². The summed E-state index contributed by atoms with van der Waals surface area (Å²) >= 11 is 0. The normalized spacial score (nSPS) is 20.4. The van der Waals surface area contributed by atoms with Crippen LogP contribution >= 0.6 is 0 Å². The lowest BCUT2D eigenvalue weighted by Crippen LogP contribution is -2.57. The number of nitrogens with one attached hydrogen (secondary N) is 1. The Morgan fingerprint density at radius 3 is 2.71 bits per heavy atom. The third-order valence-electron chi connectivity index (χ3n) is 4.18. The highest BCUT2D eigenvalue weighted by Gasteiger charge is 2.40. The van der Waals surface area contributed by atoms with Crippen LogP contribution in [-0.4, -0.2) is 66.6 Å². The number of guanidine groups is 1. The highest BCUT2D eigenvalue weighted by Crippen LogP contribution is 2.23. The molecule has 1 fully saturated rings. The van der Waals surface area contributed by atoms with Gasteiger partial charge >= 0.3 is 0 Å². The zero-order valence-corrected chi connectivity index (χ0v) is 15.9. The maximum absolute atomic E-state index is 12.1. The van der Waals surface area contributed by atoms with Gasteiger partial charge in [0.2, 0.25) is 5.89 Å². The first kappa shape index (κ1) is 18.7. The Labute approximate surface area is 143 Å². The zero-order chi connectivity index (χ0) is 18.0. The van der Waals surface area contributed by atoms with E-state index in [0.29, 0.717) is 43.7 Å². The van der Waals surface area contributed by atoms with Crippen molar-refractivity contribution < 1.29 is 12.9 Å². The monoisotopic (exact) mass is 357 g/mol. The van der Waals surface area contributed by atoms with E-state index in [-0.39, 0.29) is 11.7 Å². The molecule has 0 amide bonds. The van der Waals surface area contributed by atoms with E-state index in [4.69, 9.17) is 4.52 Å². The molecule has 0 unspecified atom stereocenters. The molecule has 2 rings (SSSR count). The first-order valence-corrected chi connectivity index (χ1v) is 9.82. The second kappa shape index (κ2) is 7.08. The summed E-state index contributed by atoms with van der Waals surface area (Å²) in [6.07, 6.45) is 0.592. The molecule has 8 nitrogen and oxygen atoms in total. The van der Waals surface area contributed by atoms with Crippen molar-refractivity contribution in [2.24, 2.45) is 4.99 Å². The standard InChI is InChI=1S/C15H27N5O3S/c1-11(2)13-18-12(23-19-13)6-7-17-14(16-5)20-8-9-24(21,22)15(3,4)10-20/h11H,6-10H2,1-5H3,(H,16,17). The van der Waals surface area contributed by atoms with Gasteiger partial charge in [-0.25, -0.2) is 8.42 Å². The van der Waals surface area contributed by atoms with Gasteiger partial charge in [0.1, 0.15) is 0 Å². The second-order valence-corrected chi connectivity index (χ2v) is 9.67. The van der Waals surface area contributed by atoms with Crippen LogP contribution in [0, 0.1) is 0 Å². The average Bonchev–Trinajstić information content (AvgIpc) is 2.96. The van der Waals surface area contributed by atoms with Crippen LogP contribution < -0.4 is 5.32 Å². The molecule has 0 saturated carbocycles. The molecule has 24 heavy (non-hydrogen) atoms. The molecular formula is C15H27N5O3S. The maximum atomic E-state index is 12.1. The molecule has 9 heteroatoms. The summed E-state index contributed by atoms with van der Waals surface area (Å²) in [6, 6.07) is 0. The Kier molecular flexibility index (Phi) is 5.52. The van der Waals surface area contributed by atoms with E-state index in [1.807, 2.05) is 18.7 Å². The van der Waals surface area contributed by atoms with Crippen LogP contribution in [-0.2, 0) is 16.3 Å². The smallest absolute Gasteiger partial charge is 0.228 e. The number of aliphatic imine (C=N–C) groups is 1. The van der Waals surface area contributed by atoms with Gasteiger partial charge in [-0.1, -0.05) is 19.0 Å². The SMILES string of the molecule is CN=C(NCCc1nc(C(C)C)no1)N1CCS(=O)(=O)C(C)(C)C1. The number of sulfone groups is 1. The topological polar surface area (TPSA) is 101 Å². The lowest BCUT2D eigenvalue weighted by molar-refractivity contribution is 0.350. The fourth-order valence-corrected chi connectivity index (χ4v) is 3.91. The van der Waals surface area contributed by atoms with E-state index in [1.54, 1.807) is 20.9 Å². The van der Waals surface area contributed by atoms with Crippen LogP contribution in [0.25, 0.3) is 0 Å². The number of hydrogen-bond donors (Lipinski definition) is 1. The minimum absolute atomic E-state index is 0.141. The predicted octanol–water partition coefficient (Wildman–Crippen LogP) is 0.820. The Hall–Kier alpha value is -1.64. The average molecular weight is 357 g/mol. The zero-order valence-electron chi connectivity index (χ0n) is 15.0. The molecule has 0 spiro atoms. The molecule has 1 aliphatic rings. The molecule has 0 bridgehead atoms. The molecule has 0 aliphatic carbocycles. The Morgan fingerprint density at radius 2 is 2.17 bits per heavy atom.